The molecule has 1 heterocycles. The van der Waals surface area contributed by atoms with Gasteiger partial charge in [-0.1, -0.05) is 12.8 Å². The summed E-state index contributed by atoms with van der Waals surface area (Å²) < 4.78 is 12.9. The first-order chi connectivity index (χ1) is 9.31. The van der Waals surface area contributed by atoms with Crippen LogP contribution in [-0.4, -0.2) is 30.1 Å². The summed E-state index contributed by atoms with van der Waals surface area (Å²) in [5, 5.41) is 3.53. The number of hydrogen-bond acceptors (Lipinski definition) is 2. The van der Waals surface area contributed by atoms with E-state index < -0.39 is 0 Å². The van der Waals surface area contributed by atoms with E-state index in [0.29, 0.717) is 6.04 Å². The quantitative estimate of drug-likeness (QED) is 0.894. The molecule has 2 aliphatic rings. The maximum atomic E-state index is 12.9. The Labute approximate surface area is 115 Å². The zero-order chi connectivity index (χ0) is 13.1. The molecule has 1 saturated heterocycles. The molecule has 0 bridgehead atoms. The minimum atomic E-state index is -0.165. The van der Waals surface area contributed by atoms with Crippen LogP contribution in [0.5, 0.6) is 0 Å². The maximum absolute atomic E-state index is 12.9. The van der Waals surface area contributed by atoms with Gasteiger partial charge in [-0.15, -0.1) is 0 Å². The normalized spacial score (nSPS) is 22.8. The van der Waals surface area contributed by atoms with Crippen molar-refractivity contribution in [3.05, 3.63) is 30.1 Å². The van der Waals surface area contributed by atoms with Crippen LogP contribution in [-0.2, 0) is 0 Å². The van der Waals surface area contributed by atoms with Gasteiger partial charge in [0.05, 0.1) is 0 Å². The summed E-state index contributed by atoms with van der Waals surface area (Å²) in [4.78, 5) is 2.68. The number of likely N-dealkylation sites (tertiary alicyclic amines) is 1. The fraction of sp³-hybridized carbons (Fsp3) is 0.625. The topological polar surface area (TPSA) is 15.3 Å². The van der Waals surface area contributed by atoms with E-state index in [-0.39, 0.29) is 5.82 Å². The third-order valence-corrected chi connectivity index (χ3v) is 4.59. The molecule has 1 N–H and O–H groups in total. The predicted octanol–water partition coefficient (Wildman–Crippen LogP) is 3.64. The first-order valence-corrected chi connectivity index (χ1v) is 7.57. The molecule has 1 aliphatic heterocycles. The van der Waals surface area contributed by atoms with Crippen molar-refractivity contribution in [3.8, 4) is 0 Å². The lowest BCUT2D eigenvalue weighted by Gasteiger charge is -2.36. The van der Waals surface area contributed by atoms with Gasteiger partial charge in [-0.05, 0) is 49.9 Å². The largest absolute Gasteiger partial charge is 0.382 e. The highest BCUT2D eigenvalue weighted by molar-refractivity contribution is 5.43. The summed E-state index contributed by atoms with van der Waals surface area (Å²) in [6, 6.07) is 8.11. The van der Waals surface area contributed by atoms with Crippen molar-refractivity contribution in [2.75, 3.05) is 18.4 Å². The minimum Gasteiger partial charge on any atom is -0.382 e. The van der Waals surface area contributed by atoms with Gasteiger partial charge in [-0.2, -0.15) is 0 Å². The van der Waals surface area contributed by atoms with E-state index in [0.717, 1.165) is 11.7 Å². The van der Waals surface area contributed by atoms with Crippen LogP contribution in [0.3, 0.4) is 0 Å². The van der Waals surface area contributed by atoms with Crippen molar-refractivity contribution in [3.63, 3.8) is 0 Å². The lowest BCUT2D eigenvalue weighted by Crippen LogP contribution is -2.43. The molecule has 3 heteroatoms. The fourth-order valence-electron chi connectivity index (χ4n) is 3.46. The molecular weight excluding hydrogens is 239 g/mol. The molecular formula is C16H23FN2. The molecule has 2 nitrogen and oxygen atoms in total. The van der Waals surface area contributed by atoms with Crippen molar-refractivity contribution in [2.45, 2.75) is 50.6 Å². The Bertz CT molecular complexity index is 390. The minimum absolute atomic E-state index is 0.165. The monoisotopic (exact) mass is 262 g/mol. The van der Waals surface area contributed by atoms with E-state index in [4.69, 9.17) is 0 Å². The standard InChI is InChI=1S/C16H23FN2/c17-13-5-7-14(8-6-13)18-15-9-11-19(12-10-15)16-3-1-2-4-16/h5-8,15-16,18H,1-4,9-12H2. The second kappa shape index (κ2) is 5.91. The van der Waals surface area contributed by atoms with Gasteiger partial charge in [-0.3, -0.25) is 0 Å². The lowest BCUT2D eigenvalue weighted by molar-refractivity contribution is 0.159. The molecule has 1 aromatic rings. The Morgan fingerprint density at radius 2 is 1.58 bits per heavy atom. The van der Waals surface area contributed by atoms with Crippen LogP contribution in [0.1, 0.15) is 38.5 Å². The Kier molecular flexibility index (Phi) is 4.02. The van der Waals surface area contributed by atoms with Crippen LogP contribution in [0.25, 0.3) is 0 Å². The molecule has 3 rings (SSSR count). The van der Waals surface area contributed by atoms with E-state index in [1.807, 2.05) is 12.1 Å². The van der Waals surface area contributed by atoms with Crippen LogP contribution in [0.15, 0.2) is 24.3 Å². The Hall–Kier alpha value is -1.09. The molecule has 19 heavy (non-hydrogen) atoms. The average Bonchev–Trinajstić information content (AvgIpc) is 2.96. The van der Waals surface area contributed by atoms with E-state index in [2.05, 4.69) is 10.2 Å². The SMILES string of the molecule is Fc1ccc(NC2CCN(C3CCCC3)CC2)cc1. The molecule has 0 aromatic heterocycles. The van der Waals surface area contributed by atoms with E-state index in [9.17, 15) is 4.39 Å². The number of piperidine rings is 1. The Morgan fingerprint density at radius 1 is 0.947 bits per heavy atom. The van der Waals surface area contributed by atoms with Gasteiger partial charge >= 0.3 is 0 Å². The van der Waals surface area contributed by atoms with Crippen LogP contribution in [0.2, 0.25) is 0 Å². The van der Waals surface area contributed by atoms with Gasteiger partial charge in [0.25, 0.3) is 0 Å². The number of nitrogens with zero attached hydrogens (tertiary/aromatic N) is 1. The van der Waals surface area contributed by atoms with Crippen LogP contribution < -0.4 is 5.32 Å². The number of anilines is 1. The highest BCUT2D eigenvalue weighted by Crippen LogP contribution is 2.27. The highest BCUT2D eigenvalue weighted by atomic mass is 19.1. The highest BCUT2D eigenvalue weighted by Gasteiger charge is 2.26. The third-order valence-electron chi connectivity index (χ3n) is 4.59. The molecule has 0 atom stereocenters. The van der Waals surface area contributed by atoms with Crippen LogP contribution in [0, 0.1) is 5.82 Å². The molecule has 1 saturated carbocycles. The summed E-state index contributed by atoms with van der Waals surface area (Å²) in [6.45, 7) is 2.42. The first-order valence-electron chi connectivity index (χ1n) is 7.57. The zero-order valence-corrected chi connectivity index (χ0v) is 11.4. The molecule has 0 unspecified atom stereocenters. The number of halogens is 1. The number of rotatable bonds is 3. The average molecular weight is 262 g/mol. The summed E-state index contributed by atoms with van der Waals surface area (Å²) in [5.41, 5.74) is 1.04. The van der Waals surface area contributed by atoms with Gasteiger partial charge in [0.15, 0.2) is 0 Å². The van der Waals surface area contributed by atoms with E-state index >= 15 is 0 Å². The van der Waals surface area contributed by atoms with Crippen LogP contribution in [0.4, 0.5) is 10.1 Å². The molecule has 1 aromatic carbocycles. The molecule has 2 fully saturated rings. The summed E-state index contributed by atoms with van der Waals surface area (Å²) in [7, 11) is 0. The van der Waals surface area contributed by atoms with Crippen molar-refractivity contribution in [2.24, 2.45) is 0 Å². The van der Waals surface area contributed by atoms with Crippen molar-refractivity contribution in [1.82, 2.24) is 4.90 Å². The Balaban J connectivity index is 1.48. The number of nitrogens with one attached hydrogen (secondary N) is 1. The van der Waals surface area contributed by atoms with Gasteiger partial charge in [-0.25, -0.2) is 4.39 Å². The molecule has 1 aliphatic carbocycles. The van der Waals surface area contributed by atoms with Gasteiger partial charge in [0.2, 0.25) is 0 Å². The number of benzene rings is 1. The summed E-state index contributed by atoms with van der Waals surface area (Å²) in [6.07, 6.45) is 8.03. The zero-order valence-electron chi connectivity index (χ0n) is 11.4. The molecule has 0 amide bonds. The molecule has 0 radical (unpaired) electrons. The number of hydrogen-bond donors (Lipinski definition) is 1. The Morgan fingerprint density at radius 3 is 2.21 bits per heavy atom. The smallest absolute Gasteiger partial charge is 0.123 e. The molecule has 104 valence electrons. The third kappa shape index (κ3) is 3.27. The lowest BCUT2D eigenvalue weighted by atomic mass is 10.0. The first kappa shape index (κ1) is 12.9. The van der Waals surface area contributed by atoms with Crippen molar-refractivity contribution < 1.29 is 4.39 Å². The van der Waals surface area contributed by atoms with E-state index in [1.54, 1.807) is 0 Å². The maximum Gasteiger partial charge on any atom is 0.123 e. The predicted molar refractivity (Wildman–Crippen MR) is 76.9 cm³/mol. The fourth-order valence-corrected chi connectivity index (χ4v) is 3.46. The van der Waals surface area contributed by atoms with Gasteiger partial charge < -0.3 is 10.2 Å². The van der Waals surface area contributed by atoms with Crippen LogP contribution >= 0.6 is 0 Å². The van der Waals surface area contributed by atoms with Crippen molar-refractivity contribution >= 4 is 5.69 Å². The summed E-state index contributed by atoms with van der Waals surface area (Å²) in [5.74, 6) is -0.165. The summed E-state index contributed by atoms with van der Waals surface area (Å²) >= 11 is 0. The second-order valence-electron chi connectivity index (χ2n) is 5.90. The van der Waals surface area contributed by atoms with Gasteiger partial charge in [0.1, 0.15) is 5.82 Å². The van der Waals surface area contributed by atoms with Gasteiger partial charge in [0, 0.05) is 30.9 Å². The second-order valence-corrected chi connectivity index (χ2v) is 5.90. The van der Waals surface area contributed by atoms with E-state index in [1.165, 1.54) is 63.7 Å². The molecule has 0 spiro atoms. The van der Waals surface area contributed by atoms with Crippen molar-refractivity contribution in [1.29, 1.82) is 0 Å².